The molecule has 0 atom stereocenters. The number of hydrogen-bond donors (Lipinski definition) is 2. The number of aromatic nitrogens is 3. The van der Waals surface area contributed by atoms with Crippen molar-refractivity contribution in [3.05, 3.63) is 40.5 Å². The largest absolute Gasteiger partial charge is 0.490 e. The Kier molecular flexibility index (Phi) is 7.51. The number of carboxylic acid groups (broad SMARTS) is 1. The molecule has 0 amide bonds. The molecule has 172 valence electrons. The van der Waals surface area contributed by atoms with Gasteiger partial charge in [0.15, 0.2) is 0 Å². The number of nitrogens with one attached hydrogen (secondary N) is 1. The molecule has 1 saturated carbocycles. The number of rotatable bonds is 3. The van der Waals surface area contributed by atoms with E-state index in [-0.39, 0.29) is 0 Å². The molecular formula is C21H21Cl2F3N4O2. The summed E-state index contributed by atoms with van der Waals surface area (Å²) in [5, 5.41) is 8.16. The molecule has 1 fully saturated rings. The molecule has 6 nitrogen and oxygen atoms in total. The molecule has 0 spiro atoms. The van der Waals surface area contributed by atoms with Crippen molar-refractivity contribution < 1.29 is 23.1 Å². The summed E-state index contributed by atoms with van der Waals surface area (Å²) in [4.78, 5) is 23.9. The minimum absolute atomic E-state index is 0.512. The molecule has 0 radical (unpaired) electrons. The zero-order chi connectivity index (χ0) is 23.5. The number of benzene rings is 1. The summed E-state index contributed by atoms with van der Waals surface area (Å²) in [5.41, 5.74) is 2.68. The maximum absolute atomic E-state index is 10.6. The number of imidazole rings is 1. The predicted molar refractivity (Wildman–Crippen MR) is 118 cm³/mol. The molecule has 0 saturated heterocycles. The minimum atomic E-state index is -5.08. The Balaban J connectivity index is 0.000000360. The van der Waals surface area contributed by atoms with Gasteiger partial charge in [-0.15, -0.1) is 0 Å². The first-order chi connectivity index (χ1) is 15.1. The van der Waals surface area contributed by atoms with Crippen molar-refractivity contribution in [2.45, 2.75) is 44.3 Å². The van der Waals surface area contributed by atoms with E-state index in [1.807, 2.05) is 18.3 Å². The van der Waals surface area contributed by atoms with Gasteiger partial charge >= 0.3 is 12.1 Å². The lowest BCUT2D eigenvalue weighted by atomic mass is 9.94. The number of fused-ring (bicyclic) bond motifs is 1. The Morgan fingerprint density at radius 1 is 1.19 bits per heavy atom. The fraction of sp³-hybridized carbons (Fsp3) is 0.381. The van der Waals surface area contributed by atoms with Gasteiger partial charge in [0.2, 0.25) is 0 Å². The molecule has 1 aliphatic rings. The molecule has 2 heterocycles. The molecule has 0 unspecified atom stereocenters. The topological polar surface area (TPSA) is 82.1 Å². The smallest absolute Gasteiger partial charge is 0.475 e. The normalized spacial score (nSPS) is 14.7. The number of H-pyrrole nitrogens is 1. The van der Waals surface area contributed by atoms with E-state index in [2.05, 4.69) is 28.0 Å². The first kappa shape index (κ1) is 24.1. The highest BCUT2D eigenvalue weighted by molar-refractivity contribution is 6.42. The first-order valence-corrected chi connectivity index (χ1v) is 10.7. The third-order valence-corrected chi connectivity index (χ3v) is 5.99. The van der Waals surface area contributed by atoms with Gasteiger partial charge < -0.3 is 15.0 Å². The number of carbonyl (C=O) groups is 1. The van der Waals surface area contributed by atoms with E-state index < -0.39 is 12.1 Å². The Morgan fingerprint density at radius 3 is 2.44 bits per heavy atom. The molecule has 32 heavy (non-hydrogen) atoms. The SMILES string of the molecule is CN(c1ncccc1-c1nc2cc(Cl)c(Cl)cc2[nH]1)C1CCCCC1.O=C(O)C(F)(F)F. The van der Waals surface area contributed by atoms with E-state index in [0.29, 0.717) is 16.1 Å². The molecule has 3 aromatic rings. The number of alkyl halides is 3. The van der Waals surface area contributed by atoms with Crippen molar-refractivity contribution in [3.8, 4) is 11.4 Å². The third kappa shape index (κ3) is 5.63. The van der Waals surface area contributed by atoms with Crippen molar-refractivity contribution in [1.82, 2.24) is 15.0 Å². The van der Waals surface area contributed by atoms with E-state index in [0.717, 1.165) is 28.2 Å². The van der Waals surface area contributed by atoms with Crippen molar-refractivity contribution >= 4 is 46.0 Å². The van der Waals surface area contributed by atoms with Gasteiger partial charge in [0, 0.05) is 19.3 Å². The quantitative estimate of drug-likeness (QED) is 0.449. The number of halogens is 5. The van der Waals surface area contributed by atoms with Crippen molar-refractivity contribution in [2.75, 3.05) is 11.9 Å². The average molecular weight is 489 g/mol. The summed E-state index contributed by atoms with van der Waals surface area (Å²) in [6.07, 6.45) is 3.12. The van der Waals surface area contributed by atoms with E-state index >= 15 is 0 Å². The number of aromatic amines is 1. The van der Waals surface area contributed by atoms with Crippen LogP contribution in [0.3, 0.4) is 0 Å². The maximum atomic E-state index is 10.6. The van der Waals surface area contributed by atoms with Crippen LogP contribution in [0.2, 0.25) is 10.0 Å². The van der Waals surface area contributed by atoms with Crippen LogP contribution in [-0.2, 0) is 4.79 Å². The van der Waals surface area contributed by atoms with Crippen molar-refractivity contribution in [3.63, 3.8) is 0 Å². The van der Waals surface area contributed by atoms with Crippen LogP contribution in [0.4, 0.5) is 19.0 Å². The molecule has 1 aromatic carbocycles. The van der Waals surface area contributed by atoms with Crippen molar-refractivity contribution in [2.24, 2.45) is 0 Å². The minimum Gasteiger partial charge on any atom is -0.475 e. The van der Waals surface area contributed by atoms with E-state index in [1.165, 1.54) is 32.1 Å². The number of hydrogen-bond acceptors (Lipinski definition) is 4. The second-order valence-corrected chi connectivity index (χ2v) is 8.26. The fourth-order valence-electron chi connectivity index (χ4n) is 3.64. The van der Waals surface area contributed by atoms with Crippen LogP contribution < -0.4 is 4.90 Å². The molecule has 0 bridgehead atoms. The lowest BCUT2D eigenvalue weighted by molar-refractivity contribution is -0.192. The number of pyridine rings is 1. The Morgan fingerprint density at radius 2 is 1.81 bits per heavy atom. The second kappa shape index (κ2) is 9.95. The average Bonchev–Trinajstić information content (AvgIpc) is 3.16. The van der Waals surface area contributed by atoms with Crippen LogP contribution in [0.1, 0.15) is 32.1 Å². The van der Waals surface area contributed by atoms with Crippen LogP contribution in [-0.4, -0.2) is 45.3 Å². The number of anilines is 1. The standard InChI is InChI=1S/C19H20Cl2N4.C2HF3O2/c1-25(12-6-3-2-4-7-12)19-13(8-5-9-22-19)18-23-16-10-14(20)15(21)11-17(16)24-18;3-2(4,5)1(6)7/h5,8-12H,2-4,6-7H2,1H3,(H,23,24);(H,6,7). The van der Waals surface area contributed by atoms with Crippen LogP contribution in [0.15, 0.2) is 30.5 Å². The van der Waals surface area contributed by atoms with E-state index in [1.54, 1.807) is 6.07 Å². The number of aliphatic carboxylic acids is 1. The van der Waals surface area contributed by atoms with Crippen LogP contribution >= 0.6 is 23.2 Å². The van der Waals surface area contributed by atoms with Crippen LogP contribution in [0.5, 0.6) is 0 Å². The summed E-state index contributed by atoms with van der Waals surface area (Å²) in [6.45, 7) is 0. The molecule has 2 aromatic heterocycles. The first-order valence-electron chi connectivity index (χ1n) is 9.91. The van der Waals surface area contributed by atoms with Gasteiger partial charge in [0.05, 0.1) is 26.6 Å². The van der Waals surface area contributed by atoms with E-state index in [9.17, 15) is 13.2 Å². The van der Waals surface area contributed by atoms with Gasteiger partial charge in [0.1, 0.15) is 11.6 Å². The zero-order valence-corrected chi connectivity index (χ0v) is 18.6. The molecule has 11 heteroatoms. The van der Waals surface area contributed by atoms with Crippen molar-refractivity contribution in [1.29, 1.82) is 0 Å². The van der Waals surface area contributed by atoms with Gasteiger partial charge in [-0.25, -0.2) is 14.8 Å². The summed E-state index contributed by atoms with van der Waals surface area (Å²) in [7, 11) is 2.14. The highest BCUT2D eigenvalue weighted by atomic mass is 35.5. The van der Waals surface area contributed by atoms with Gasteiger partial charge in [-0.05, 0) is 37.1 Å². The lowest BCUT2D eigenvalue weighted by Crippen LogP contribution is -2.34. The zero-order valence-electron chi connectivity index (χ0n) is 17.1. The summed E-state index contributed by atoms with van der Waals surface area (Å²) in [5.74, 6) is -1.00. The maximum Gasteiger partial charge on any atom is 0.490 e. The second-order valence-electron chi connectivity index (χ2n) is 7.45. The van der Waals surface area contributed by atoms with Crippen LogP contribution in [0.25, 0.3) is 22.4 Å². The number of carboxylic acids is 1. The Bertz CT molecular complexity index is 1060. The summed E-state index contributed by atoms with van der Waals surface area (Å²) < 4.78 is 31.7. The molecular weight excluding hydrogens is 468 g/mol. The van der Waals surface area contributed by atoms with Crippen LogP contribution in [0, 0.1) is 0 Å². The molecule has 4 rings (SSSR count). The molecule has 1 aliphatic carbocycles. The molecule has 0 aliphatic heterocycles. The summed E-state index contributed by atoms with van der Waals surface area (Å²) in [6, 6.07) is 8.15. The highest BCUT2D eigenvalue weighted by Gasteiger charge is 2.38. The van der Waals surface area contributed by atoms with Gasteiger partial charge in [0.25, 0.3) is 0 Å². The third-order valence-electron chi connectivity index (χ3n) is 5.26. The van der Waals surface area contributed by atoms with Gasteiger partial charge in [-0.3, -0.25) is 0 Å². The fourth-order valence-corrected chi connectivity index (χ4v) is 3.96. The monoisotopic (exact) mass is 488 g/mol. The molecule has 2 N–H and O–H groups in total. The van der Waals surface area contributed by atoms with Gasteiger partial charge in [-0.2, -0.15) is 13.2 Å². The Labute approximate surface area is 192 Å². The van der Waals surface area contributed by atoms with Gasteiger partial charge in [-0.1, -0.05) is 42.5 Å². The Hall–Kier alpha value is -2.52. The number of nitrogens with zero attached hydrogens (tertiary/aromatic N) is 3. The highest BCUT2D eigenvalue weighted by Crippen LogP contribution is 2.33. The summed E-state index contributed by atoms with van der Waals surface area (Å²) >= 11 is 12.2. The van der Waals surface area contributed by atoms with E-state index in [4.69, 9.17) is 38.1 Å². The lowest BCUT2D eigenvalue weighted by Gasteiger charge is -2.33. The predicted octanol–water partition coefficient (Wildman–Crippen LogP) is 6.33.